The van der Waals surface area contributed by atoms with E-state index in [1.165, 1.54) is 0 Å². The summed E-state index contributed by atoms with van der Waals surface area (Å²) in [5.41, 5.74) is 6.76. The number of rotatable bonds is 6. The van der Waals surface area contributed by atoms with E-state index >= 15 is 0 Å². The van der Waals surface area contributed by atoms with Gasteiger partial charge in [0, 0.05) is 32.1 Å². The van der Waals surface area contributed by atoms with Crippen molar-refractivity contribution in [2.24, 2.45) is 10.7 Å². The molecule has 0 aliphatic heterocycles. The Bertz CT molecular complexity index is 618. The molecule has 0 saturated heterocycles. The molecule has 2 rings (SSSR count). The number of nitrogens with zero attached hydrogens (tertiary/aromatic N) is 1. The van der Waals surface area contributed by atoms with E-state index in [1.54, 1.807) is 25.4 Å². The zero-order valence-corrected chi connectivity index (χ0v) is 12.5. The van der Waals surface area contributed by atoms with E-state index in [1.807, 2.05) is 24.3 Å². The highest BCUT2D eigenvalue weighted by molar-refractivity contribution is 5.92. The topological polar surface area (TPSA) is 92.7 Å². The van der Waals surface area contributed by atoms with Gasteiger partial charge in [-0.3, -0.25) is 9.79 Å². The molecule has 0 fully saturated rings. The van der Waals surface area contributed by atoms with Gasteiger partial charge >= 0.3 is 0 Å². The fourth-order valence-electron chi connectivity index (χ4n) is 1.95. The number of hydrogen-bond donors (Lipinski definition) is 3. The van der Waals surface area contributed by atoms with Crippen LogP contribution in [0.5, 0.6) is 0 Å². The highest BCUT2D eigenvalue weighted by atomic mass is 16.3. The van der Waals surface area contributed by atoms with E-state index < -0.39 is 5.91 Å². The molecule has 0 unspecified atom stereocenters. The highest BCUT2D eigenvalue weighted by Crippen LogP contribution is 2.03. The van der Waals surface area contributed by atoms with Crippen LogP contribution in [0.25, 0.3) is 0 Å². The minimum Gasteiger partial charge on any atom is -0.469 e. The van der Waals surface area contributed by atoms with Crippen LogP contribution in [-0.2, 0) is 13.0 Å². The average Bonchev–Trinajstić information content (AvgIpc) is 3.04. The molecule has 1 aromatic heterocycles. The maximum absolute atomic E-state index is 11.0. The summed E-state index contributed by atoms with van der Waals surface area (Å²) in [6, 6.07) is 11.0. The molecule has 0 atom stereocenters. The van der Waals surface area contributed by atoms with Crippen LogP contribution in [-0.4, -0.2) is 25.5 Å². The van der Waals surface area contributed by atoms with Crippen molar-refractivity contribution in [3.05, 3.63) is 59.5 Å². The number of nitrogens with two attached hydrogens (primary N) is 1. The van der Waals surface area contributed by atoms with E-state index in [-0.39, 0.29) is 0 Å². The average molecular weight is 300 g/mol. The number of benzene rings is 1. The molecule has 6 nitrogen and oxygen atoms in total. The third-order valence-corrected chi connectivity index (χ3v) is 3.17. The van der Waals surface area contributed by atoms with Crippen LogP contribution in [0.2, 0.25) is 0 Å². The normalized spacial score (nSPS) is 11.2. The summed E-state index contributed by atoms with van der Waals surface area (Å²) in [6.45, 7) is 1.34. The predicted molar refractivity (Wildman–Crippen MR) is 85.6 cm³/mol. The van der Waals surface area contributed by atoms with E-state index in [2.05, 4.69) is 15.6 Å². The van der Waals surface area contributed by atoms with Gasteiger partial charge in [0.2, 0.25) is 5.91 Å². The lowest BCUT2D eigenvalue weighted by atomic mass is 10.1. The third-order valence-electron chi connectivity index (χ3n) is 3.17. The van der Waals surface area contributed by atoms with Gasteiger partial charge in [0.05, 0.1) is 6.26 Å². The molecule has 22 heavy (non-hydrogen) atoms. The maximum Gasteiger partial charge on any atom is 0.248 e. The van der Waals surface area contributed by atoms with Crippen LogP contribution in [0.1, 0.15) is 21.7 Å². The number of hydrogen-bond acceptors (Lipinski definition) is 3. The first-order chi connectivity index (χ1) is 10.7. The van der Waals surface area contributed by atoms with Crippen LogP contribution in [0, 0.1) is 0 Å². The molecule has 1 heterocycles. The number of furan rings is 1. The molecule has 1 aromatic carbocycles. The highest BCUT2D eigenvalue weighted by Gasteiger charge is 2.02. The monoisotopic (exact) mass is 300 g/mol. The number of carbonyl (C=O) groups excluding carboxylic acids is 1. The van der Waals surface area contributed by atoms with Gasteiger partial charge in [-0.05, 0) is 29.8 Å². The van der Waals surface area contributed by atoms with E-state index in [9.17, 15) is 4.79 Å². The molecular formula is C16H20N4O2. The number of nitrogens with one attached hydrogen (secondary N) is 2. The van der Waals surface area contributed by atoms with Crippen molar-refractivity contribution in [3.63, 3.8) is 0 Å². The second-order valence-electron chi connectivity index (χ2n) is 4.74. The van der Waals surface area contributed by atoms with Gasteiger partial charge in [-0.25, -0.2) is 0 Å². The minimum absolute atomic E-state index is 0.421. The maximum atomic E-state index is 11.0. The summed E-state index contributed by atoms with van der Waals surface area (Å²) in [7, 11) is 1.72. The number of aliphatic imine (C=N–C) groups is 1. The number of amides is 1. The first kappa shape index (κ1) is 15.6. The Labute approximate surface area is 129 Å². The molecule has 0 aliphatic rings. The van der Waals surface area contributed by atoms with Gasteiger partial charge < -0.3 is 20.8 Å². The Morgan fingerprint density at radius 2 is 2.00 bits per heavy atom. The van der Waals surface area contributed by atoms with Crippen LogP contribution < -0.4 is 16.4 Å². The van der Waals surface area contributed by atoms with Crippen molar-refractivity contribution < 1.29 is 9.21 Å². The smallest absolute Gasteiger partial charge is 0.248 e. The van der Waals surface area contributed by atoms with Crippen LogP contribution >= 0.6 is 0 Å². The number of carbonyl (C=O) groups is 1. The van der Waals surface area contributed by atoms with Gasteiger partial charge in [-0.1, -0.05) is 12.1 Å². The van der Waals surface area contributed by atoms with Crippen LogP contribution in [0.15, 0.2) is 52.1 Å². The number of primary amides is 1. The van der Waals surface area contributed by atoms with Crippen LogP contribution in [0.4, 0.5) is 0 Å². The minimum atomic E-state index is -0.421. The molecule has 0 spiro atoms. The van der Waals surface area contributed by atoms with Gasteiger partial charge in [0.15, 0.2) is 5.96 Å². The fraction of sp³-hybridized carbons (Fsp3) is 0.250. The summed E-state index contributed by atoms with van der Waals surface area (Å²) in [6.07, 6.45) is 2.46. The van der Waals surface area contributed by atoms with Crippen molar-refractivity contribution in [2.45, 2.75) is 13.0 Å². The standard InChI is InChI=1S/C16H20N4O2/c1-18-16(19-9-8-14-3-2-10-22-14)20-11-12-4-6-13(7-5-12)15(17)21/h2-7,10H,8-9,11H2,1H3,(H2,17,21)(H2,18,19,20). The molecule has 0 aliphatic carbocycles. The van der Waals surface area contributed by atoms with Crippen LogP contribution in [0.3, 0.4) is 0 Å². The lowest BCUT2D eigenvalue weighted by Gasteiger charge is -2.11. The SMILES string of the molecule is CN=C(NCCc1ccco1)NCc1ccc(C(N)=O)cc1. The summed E-state index contributed by atoms with van der Waals surface area (Å²) in [4.78, 5) is 15.2. The van der Waals surface area contributed by atoms with Crippen molar-refractivity contribution >= 4 is 11.9 Å². The molecule has 116 valence electrons. The molecule has 0 saturated carbocycles. The third kappa shape index (κ3) is 4.66. The van der Waals surface area contributed by atoms with Gasteiger partial charge in [-0.2, -0.15) is 0 Å². The molecule has 0 bridgehead atoms. The van der Waals surface area contributed by atoms with Crippen molar-refractivity contribution in [1.82, 2.24) is 10.6 Å². The largest absolute Gasteiger partial charge is 0.469 e. The van der Waals surface area contributed by atoms with E-state index in [0.717, 1.165) is 24.3 Å². The van der Waals surface area contributed by atoms with E-state index in [0.29, 0.717) is 18.1 Å². The summed E-state index contributed by atoms with van der Waals surface area (Å²) < 4.78 is 5.27. The molecule has 4 N–H and O–H groups in total. The second kappa shape index (κ2) is 7.87. The summed E-state index contributed by atoms with van der Waals surface area (Å²) in [5.74, 6) is 1.23. The van der Waals surface area contributed by atoms with Crippen molar-refractivity contribution in [1.29, 1.82) is 0 Å². The number of guanidine groups is 1. The Morgan fingerprint density at radius 1 is 1.23 bits per heavy atom. The fourth-order valence-corrected chi connectivity index (χ4v) is 1.95. The Kier molecular flexibility index (Phi) is 5.59. The quantitative estimate of drug-likeness (QED) is 0.553. The van der Waals surface area contributed by atoms with Gasteiger partial charge in [-0.15, -0.1) is 0 Å². The Morgan fingerprint density at radius 3 is 2.59 bits per heavy atom. The van der Waals surface area contributed by atoms with Crippen molar-refractivity contribution in [2.75, 3.05) is 13.6 Å². The second-order valence-corrected chi connectivity index (χ2v) is 4.74. The lowest BCUT2D eigenvalue weighted by molar-refractivity contribution is 0.100. The van der Waals surface area contributed by atoms with Crippen molar-refractivity contribution in [3.8, 4) is 0 Å². The molecule has 6 heteroatoms. The molecule has 2 aromatic rings. The van der Waals surface area contributed by atoms with E-state index in [4.69, 9.17) is 10.2 Å². The van der Waals surface area contributed by atoms with Gasteiger partial charge in [0.1, 0.15) is 5.76 Å². The molecular weight excluding hydrogens is 280 g/mol. The predicted octanol–water partition coefficient (Wildman–Crippen LogP) is 1.29. The van der Waals surface area contributed by atoms with Gasteiger partial charge in [0.25, 0.3) is 0 Å². The molecule has 1 amide bonds. The lowest BCUT2D eigenvalue weighted by Crippen LogP contribution is -2.37. The zero-order chi connectivity index (χ0) is 15.8. The first-order valence-electron chi connectivity index (χ1n) is 7.04. The summed E-state index contributed by atoms with van der Waals surface area (Å²) in [5, 5.41) is 6.42. The first-order valence-corrected chi connectivity index (χ1v) is 7.04. The molecule has 0 radical (unpaired) electrons. The zero-order valence-electron chi connectivity index (χ0n) is 12.5. The Hall–Kier alpha value is -2.76. The summed E-state index contributed by atoms with van der Waals surface area (Å²) >= 11 is 0. The Balaban J connectivity index is 1.77.